The molecule has 0 aromatic heterocycles. The molecule has 4 rings (SSSR count). The molecule has 12 nitrogen and oxygen atoms in total. The van der Waals surface area contributed by atoms with Gasteiger partial charge in [-0.05, 0) is 47.6 Å². The summed E-state index contributed by atoms with van der Waals surface area (Å²) in [5.74, 6) is -1.13. The fourth-order valence-electron chi connectivity index (χ4n) is 5.49. The van der Waals surface area contributed by atoms with Crippen molar-refractivity contribution < 1.29 is 57.1 Å². The summed E-state index contributed by atoms with van der Waals surface area (Å²) in [7, 11) is 0. The highest BCUT2D eigenvalue weighted by atomic mass is 16.7. The lowest BCUT2D eigenvalue weighted by molar-refractivity contribution is -0.308. The number of ether oxygens (including phenoxy) is 8. The van der Waals surface area contributed by atoms with Gasteiger partial charge in [0, 0.05) is 33.3 Å². The van der Waals surface area contributed by atoms with Gasteiger partial charge in [-0.25, -0.2) is 0 Å². The Morgan fingerprint density at radius 1 is 0.673 bits per heavy atom. The minimum atomic E-state index is -1.32. The van der Waals surface area contributed by atoms with Crippen LogP contribution < -0.4 is 9.47 Å². The van der Waals surface area contributed by atoms with Gasteiger partial charge in [-0.15, -0.1) is 0 Å². The van der Waals surface area contributed by atoms with E-state index in [1.165, 1.54) is 20.8 Å². The minimum absolute atomic E-state index is 0.0502. The van der Waals surface area contributed by atoms with Crippen LogP contribution in [0.15, 0.2) is 78.9 Å². The van der Waals surface area contributed by atoms with Crippen LogP contribution in [0, 0.1) is 5.92 Å². The van der Waals surface area contributed by atoms with Crippen molar-refractivity contribution in [2.75, 3.05) is 13.2 Å². The fraction of sp³-hybridized carbons (Fsp3) is 0.450. The molecule has 0 amide bonds. The first-order valence-electron chi connectivity index (χ1n) is 17.4. The van der Waals surface area contributed by atoms with Crippen LogP contribution in [0.5, 0.6) is 11.5 Å². The predicted octanol–water partition coefficient (Wildman–Crippen LogP) is 5.90. The molecule has 0 N–H and O–H groups in total. The van der Waals surface area contributed by atoms with Gasteiger partial charge in [0.1, 0.15) is 37.4 Å². The fourth-order valence-corrected chi connectivity index (χ4v) is 5.49. The summed E-state index contributed by atoms with van der Waals surface area (Å²) in [5.41, 5.74) is 2.82. The molecule has 0 radical (unpaired) electrons. The van der Waals surface area contributed by atoms with Gasteiger partial charge in [-0.2, -0.15) is 0 Å². The molecule has 0 aliphatic carbocycles. The maximum absolute atomic E-state index is 12.5. The Balaban J connectivity index is 1.54. The van der Waals surface area contributed by atoms with E-state index < -0.39 is 54.6 Å². The van der Waals surface area contributed by atoms with Crippen molar-refractivity contribution in [1.29, 1.82) is 0 Å². The molecule has 52 heavy (non-hydrogen) atoms. The topological polar surface area (TPSA) is 142 Å². The van der Waals surface area contributed by atoms with E-state index in [4.69, 9.17) is 37.9 Å². The Kier molecular flexibility index (Phi) is 15.5. The molecule has 1 fully saturated rings. The molecule has 12 heteroatoms. The zero-order chi connectivity index (χ0) is 37.5. The van der Waals surface area contributed by atoms with Crippen LogP contribution in [0.3, 0.4) is 0 Å². The van der Waals surface area contributed by atoms with Crippen LogP contribution in [0.4, 0.5) is 0 Å². The van der Waals surface area contributed by atoms with Crippen molar-refractivity contribution in [3.8, 4) is 11.5 Å². The van der Waals surface area contributed by atoms with Gasteiger partial charge in [0.15, 0.2) is 24.6 Å². The maximum atomic E-state index is 12.5. The Morgan fingerprint density at radius 3 is 1.71 bits per heavy atom. The van der Waals surface area contributed by atoms with E-state index in [1.807, 2.05) is 92.7 Å². The average molecular weight is 721 g/mol. The SMILES string of the molecule is CC(=O)O[C@@H]1[C@@H](OC(C)=O)[C@H](OCCc2cc(OCc3ccccc3)cc(OCc3ccccc3)c2)O[C@H](COC(=O)CCC(C)C)[C@H]1OC(C)=O. The van der Waals surface area contributed by atoms with E-state index in [0.29, 0.717) is 37.6 Å². The van der Waals surface area contributed by atoms with Gasteiger partial charge in [-0.1, -0.05) is 74.5 Å². The van der Waals surface area contributed by atoms with Gasteiger partial charge in [0.05, 0.1) is 6.61 Å². The van der Waals surface area contributed by atoms with E-state index in [2.05, 4.69) is 0 Å². The van der Waals surface area contributed by atoms with Crippen molar-refractivity contribution in [3.63, 3.8) is 0 Å². The van der Waals surface area contributed by atoms with Crippen LogP contribution in [0.25, 0.3) is 0 Å². The number of hydrogen-bond acceptors (Lipinski definition) is 12. The Labute approximate surface area is 304 Å². The number of benzene rings is 3. The van der Waals surface area contributed by atoms with Gasteiger partial charge in [-0.3, -0.25) is 19.2 Å². The van der Waals surface area contributed by atoms with E-state index in [9.17, 15) is 19.2 Å². The standard InChI is InChI=1S/C40H48O12/c1-26(2)16-17-36(44)48-25-35-37(49-27(3)41)38(50-28(4)42)39(51-29(5)43)40(52-35)45-19-18-32-20-33(46-23-30-12-8-6-9-13-30)22-34(21-32)47-24-31-14-10-7-11-15-31/h6-15,20-22,26,35,37-40H,16-19,23-25H2,1-5H3/t35-,37-,38+,39-,40-/m1/s1. The molecule has 0 saturated carbocycles. The maximum Gasteiger partial charge on any atom is 0.305 e. The molecule has 0 unspecified atom stereocenters. The molecule has 0 spiro atoms. The summed E-state index contributed by atoms with van der Waals surface area (Å²) in [6.45, 7) is 7.93. The average Bonchev–Trinajstić information content (AvgIpc) is 3.11. The summed E-state index contributed by atoms with van der Waals surface area (Å²) in [4.78, 5) is 49.2. The Morgan fingerprint density at radius 2 is 1.19 bits per heavy atom. The summed E-state index contributed by atoms with van der Waals surface area (Å²) in [5, 5.41) is 0. The molecule has 5 atom stereocenters. The van der Waals surface area contributed by atoms with Crippen molar-refractivity contribution in [3.05, 3.63) is 95.6 Å². The third-order valence-electron chi connectivity index (χ3n) is 7.94. The molecular formula is C40H48O12. The van der Waals surface area contributed by atoms with Crippen LogP contribution >= 0.6 is 0 Å². The van der Waals surface area contributed by atoms with Crippen LogP contribution in [0.1, 0.15) is 64.2 Å². The molecule has 1 saturated heterocycles. The van der Waals surface area contributed by atoms with Gasteiger partial charge >= 0.3 is 23.9 Å². The molecule has 3 aromatic rings. The molecule has 1 aliphatic heterocycles. The summed E-state index contributed by atoms with van der Waals surface area (Å²) < 4.78 is 46.7. The Bertz CT molecular complexity index is 1530. The number of carbonyl (C=O) groups is 4. The van der Waals surface area contributed by atoms with Crippen molar-refractivity contribution in [1.82, 2.24) is 0 Å². The smallest absolute Gasteiger partial charge is 0.305 e. The van der Waals surface area contributed by atoms with Crippen LogP contribution in [-0.2, 0) is 67.2 Å². The third-order valence-corrected chi connectivity index (χ3v) is 7.94. The quantitative estimate of drug-likeness (QED) is 0.114. The normalized spacial score (nSPS) is 19.7. The second-order valence-corrected chi connectivity index (χ2v) is 12.9. The highest BCUT2D eigenvalue weighted by molar-refractivity contribution is 5.69. The second-order valence-electron chi connectivity index (χ2n) is 12.9. The zero-order valence-electron chi connectivity index (χ0n) is 30.3. The van der Waals surface area contributed by atoms with Gasteiger partial charge in [0.2, 0.25) is 0 Å². The first kappa shape index (κ1) is 39.8. The molecule has 280 valence electrons. The third kappa shape index (κ3) is 13.3. The molecule has 3 aromatic carbocycles. The van der Waals surface area contributed by atoms with Crippen LogP contribution in [0.2, 0.25) is 0 Å². The van der Waals surface area contributed by atoms with E-state index in [1.54, 1.807) is 0 Å². The zero-order valence-corrected chi connectivity index (χ0v) is 30.3. The molecule has 1 heterocycles. The largest absolute Gasteiger partial charge is 0.489 e. The molecule has 1 aliphatic rings. The number of hydrogen-bond donors (Lipinski definition) is 0. The van der Waals surface area contributed by atoms with Crippen molar-refractivity contribution >= 4 is 23.9 Å². The highest BCUT2D eigenvalue weighted by Crippen LogP contribution is 2.31. The molecular weight excluding hydrogens is 672 g/mol. The summed E-state index contributed by atoms with van der Waals surface area (Å²) in [6.07, 6.45) is -5.17. The number of esters is 4. The lowest BCUT2D eigenvalue weighted by Crippen LogP contribution is -2.63. The summed E-state index contributed by atoms with van der Waals surface area (Å²) >= 11 is 0. The highest BCUT2D eigenvalue weighted by Gasteiger charge is 2.52. The Hall–Kier alpha value is -4.94. The lowest BCUT2D eigenvalue weighted by Gasteiger charge is -2.44. The monoisotopic (exact) mass is 720 g/mol. The van der Waals surface area contributed by atoms with Gasteiger partial charge in [0.25, 0.3) is 0 Å². The van der Waals surface area contributed by atoms with Crippen LogP contribution in [-0.4, -0.2) is 67.8 Å². The minimum Gasteiger partial charge on any atom is -0.489 e. The van der Waals surface area contributed by atoms with Crippen molar-refractivity contribution in [2.45, 2.75) is 97.8 Å². The number of rotatable bonds is 18. The molecule has 0 bridgehead atoms. The number of carbonyl (C=O) groups excluding carboxylic acids is 4. The second kappa shape index (κ2) is 20.2. The predicted molar refractivity (Wildman–Crippen MR) is 188 cm³/mol. The van der Waals surface area contributed by atoms with Crippen molar-refractivity contribution in [2.24, 2.45) is 5.92 Å². The first-order valence-corrected chi connectivity index (χ1v) is 17.4. The van der Waals surface area contributed by atoms with E-state index in [-0.39, 0.29) is 25.6 Å². The first-order chi connectivity index (χ1) is 25.0. The van der Waals surface area contributed by atoms with Gasteiger partial charge < -0.3 is 37.9 Å². The lowest BCUT2D eigenvalue weighted by atomic mass is 9.98. The van der Waals surface area contributed by atoms with E-state index >= 15 is 0 Å². The van der Waals surface area contributed by atoms with E-state index in [0.717, 1.165) is 16.7 Å². The summed E-state index contributed by atoms with van der Waals surface area (Å²) in [6, 6.07) is 25.1.